The molecule has 0 radical (unpaired) electrons. The minimum atomic E-state index is 0.106. The summed E-state index contributed by atoms with van der Waals surface area (Å²) in [5.41, 5.74) is 6.11. The third-order valence-electron chi connectivity index (χ3n) is 4.76. The third-order valence-corrected chi connectivity index (χ3v) is 4.76. The van der Waals surface area contributed by atoms with Gasteiger partial charge in [0.2, 0.25) is 0 Å². The van der Waals surface area contributed by atoms with Crippen molar-refractivity contribution in [2.45, 2.75) is 109 Å². The van der Waals surface area contributed by atoms with Crippen LogP contribution in [0.2, 0.25) is 0 Å². The number of rotatable bonds is 16. The van der Waals surface area contributed by atoms with E-state index in [9.17, 15) is 0 Å². The van der Waals surface area contributed by atoms with Crippen LogP contribution < -0.4 is 5.73 Å². The Labute approximate surface area is 144 Å². The molecule has 0 bridgehead atoms. The fourth-order valence-electron chi connectivity index (χ4n) is 3.16. The van der Waals surface area contributed by atoms with Crippen molar-refractivity contribution in [1.29, 1.82) is 0 Å². The van der Waals surface area contributed by atoms with Gasteiger partial charge in [-0.25, -0.2) is 4.98 Å². The van der Waals surface area contributed by atoms with Gasteiger partial charge in [-0.1, -0.05) is 96.8 Å². The van der Waals surface area contributed by atoms with Gasteiger partial charge in [-0.15, -0.1) is 0 Å². The summed E-state index contributed by atoms with van der Waals surface area (Å²) < 4.78 is 2.00. The van der Waals surface area contributed by atoms with E-state index in [0.717, 1.165) is 6.42 Å². The molecule has 0 fully saturated rings. The Morgan fingerprint density at radius 3 is 1.70 bits per heavy atom. The molecule has 0 saturated carbocycles. The SMILES string of the molecule is CCCCCCCCCCCCCCCCC(N)n1ccnc1. The first-order valence-electron chi connectivity index (χ1n) is 10.1. The summed E-state index contributed by atoms with van der Waals surface area (Å²) in [6.45, 7) is 2.29. The van der Waals surface area contributed by atoms with Crippen molar-refractivity contribution in [3.8, 4) is 0 Å². The van der Waals surface area contributed by atoms with Crippen LogP contribution in [0.4, 0.5) is 0 Å². The van der Waals surface area contributed by atoms with Crippen LogP contribution in [0.3, 0.4) is 0 Å². The Hall–Kier alpha value is -0.830. The molecule has 0 saturated heterocycles. The standard InChI is InChI=1S/C20H39N3/c1-2-3-4-5-6-7-8-9-10-11-12-13-14-15-16-20(21)23-18-17-22-19-23/h17-20H,2-16,21H2,1H3. The van der Waals surface area contributed by atoms with Gasteiger partial charge >= 0.3 is 0 Å². The number of nitrogens with two attached hydrogens (primary N) is 1. The van der Waals surface area contributed by atoms with E-state index in [2.05, 4.69) is 11.9 Å². The topological polar surface area (TPSA) is 43.8 Å². The second-order valence-corrected chi connectivity index (χ2v) is 6.96. The first-order chi connectivity index (χ1) is 11.3. The van der Waals surface area contributed by atoms with E-state index in [1.807, 2.05) is 17.1 Å². The van der Waals surface area contributed by atoms with Gasteiger partial charge in [0, 0.05) is 12.4 Å². The second-order valence-electron chi connectivity index (χ2n) is 6.96. The molecule has 0 aliphatic heterocycles. The molecule has 1 heterocycles. The molecule has 0 amide bonds. The summed E-state index contributed by atoms with van der Waals surface area (Å²) in [7, 11) is 0. The molecule has 3 heteroatoms. The maximum Gasteiger partial charge on any atom is 0.0959 e. The largest absolute Gasteiger partial charge is 0.322 e. The summed E-state index contributed by atoms with van der Waals surface area (Å²) in [5, 5.41) is 0. The molecular formula is C20H39N3. The average molecular weight is 322 g/mol. The van der Waals surface area contributed by atoms with Crippen molar-refractivity contribution >= 4 is 0 Å². The Bertz CT molecular complexity index is 335. The van der Waals surface area contributed by atoms with Gasteiger partial charge in [0.15, 0.2) is 0 Å². The van der Waals surface area contributed by atoms with E-state index in [0.29, 0.717) is 0 Å². The summed E-state index contributed by atoms with van der Waals surface area (Å²) in [4.78, 5) is 4.04. The number of nitrogens with zero attached hydrogens (tertiary/aromatic N) is 2. The van der Waals surface area contributed by atoms with Crippen LogP contribution in [0.1, 0.15) is 109 Å². The van der Waals surface area contributed by atoms with Crippen LogP contribution in [-0.2, 0) is 0 Å². The molecule has 0 spiro atoms. The maximum absolute atomic E-state index is 6.11. The van der Waals surface area contributed by atoms with Crippen LogP contribution in [0.25, 0.3) is 0 Å². The van der Waals surface area contributed by atoms with Crippen LogP contribution in [-0.4, -0.2) is 9.55 Å². The molecule has 1 atom stereocenters. The number of imidazole rings is 1. The molecule has 134 valence electrons. The molecule has 0 aromatic carbocycles. The van der Waals surface area contributed by atoms with Crippen molar-refractivity contribution in [2.24, 2.45) is 5.73 Å². The minimum absolute atomic E-state index is 0.106. The van der Waals surface area contributed by atoms with Crippen LogP contribution in [0.5, 0.6) is 0 Å². The van der Waals surface area contributed by atoms with Gasteiger partial charge in [-0.2, -0.15) is 0 Å². The highest BCUT2D eigenvalue weighted by atomic mass is 15.1. The van der Waals surface area contributed by atoms with Crippen molar-refractivity contribution in [3.63, 3.8) is 0 Å². The van der Waals surface area contributed by atoms with Crippen molar-refractivity contribution in [3.05, 3.63) is 18.7 Å². The molecule has 23 heavy (non-hydrogen) atoms. The number of aromatic nitrogens is 2. The zero-order valence-corrected chi connectivity index (χ0v) is 15.4. The number of hydrogen-bond donors (Lipinski definition) is 1. The van der Waals surface area contributed by atoms with Crippen LogP contribution in [0.15, 0.2) is 18.7 Å². The van der Waals surface area contributed by atoms with Gasteiger partial charge in [-0.3, -0.25) is 0 Å². The van der Waals surface area contributed by atoms with Crippen molar-refractivity contribution in [1.82, 2.24) is 9.55 Å². The van der Waals surface area contributed by atoms with Crippen LogP contribution >= 0.6 is 0 Å². The minimum Gasteiger partial charge on any atom is -0.322 e. The van der Waals surface area contributed by atoms with Gasteiger partial charge in [-0.05, 0) is 6.42 Å². The molecule has 1 rings (SSSR count). The van der Waals surface area contributed by atoms with E-state index in [-0.39, 0.29) is 6.17 Å². The zero-order valence-electron chi connectivity index (χ0n) is 15.4. The smallest absolute Gasteiger partial charge is 0.0959 e. The number of hydrogen-bond acceptors (Lipinski definition) is 2. The van der Waals surface area contributed by atoms with Gasteiger partial charge in [0.1, 0.15) is 0 Å². The third kappa shape index (κ3) is 11.4. The first kappa shape index (κ1) is 20.2. The van der Waals surface area contributed by atoms with Crippen LogP contribution in [0, 0.1) is 0 Å². The molecule has 1 aromatic rings. The maximum atomic E-state index is 6.11. The lowest BCUT2D eigenvalue weighted by Crippen LogP contribution is -2.16. The Morgan fingerprint density at radius 1 is 0.783 bits per heavy atom. The lowest BCUT2D eigenvalue weighted by atomic mass is 10.0. The fraction of sp³-hybridized carbons (Fsp3) is 0.850. The molecule has 1 aromatic heterocycles. The van der Waals surface area contributed by atoms with E-state index in [4.69, 9.17) is 5.73 Å². The molecule has 2 N–H and O–H groups in total. The summed E-state index contributed by atoms with van der Waals surface area (Å²) >= 11 is 0. The summed E-state index contributed by atoms with van der Waals surface area (Å²) in [5.74, 6) is 0. The summed E-state index contributed by atoms with van der Waals surface area (Å²) in [6, 6.07) is 0. The second kappa shape index (κ2) is 14.7. The fourth-order valence-corrected chi connectivity index (χ4v) is 3.16. The van der Waals surface area contributed by atoms with Crippen molar-refractivity contribution in [2.75, 3.05) is 0 Å². The lowest BCUT2D eigenvalue weighted by Gasteiger charge is -2.12. The van der Waals surface area contributed by atoms with E-state index in [1.54, 1.807) is 6.20 Å². The highest BCUT2D eigenvalue weighted by molar-refractivity contribution is 4.77. The lowest BCUT2D eigenvalue weighted by molar-refractivity contribution is 0.448. The number of unbranched alkanes of at least 4 members (excludes halogenated alkanes) is 13. The quantitative estimate of drug-likeness (QED) is 0.368. The predicted octanol–water partition coefficient (Wildman–Crippen LogP) is 6.21. The Morgan fingerprint density at radius 2 is 1.26 bits per heavy atom. The Balaban J connectivity index is 1.75. The average Bonchev–Trinajstić information content (AvgIpc) is 3.09. The normalized spacial score (nSPS) is 12.6. The molecular weight excluding hydrogens is 282 g/mol. The van der Waals surface area contributed by atoms with E-state index in [1.165, 1.54) is 89.9 Å². The Kier molecular flexibility index (Phi) is 13.0. The van der Waals surface area contributed by atoms with Crippen molar-refractivity contribution < 1.29 is 0 Å². The molecule has 0 aliphatic rings. The predicted molar refractivity (Wildman–Crippen MR) is 100 cm³/mol. The van der Waals surface area contributed by atoms with E-state index >= 15 is 0 Å². The van der Waals surface area contributed by atoms with Gasteiger partial charge in [0.05, 0.1) is 12.5 Å². The zero-order chi connectivity index (χ0) is 16.6. The molecule has 0 aliphatic carbocycles. The highest BCUT2D eigenvalue weighted by Gasteiger charge is 2.03. The summed E-state index contributed by atoms with van der Waals surface area (Å²) in [6.07, 6.45) is 26.4. The van der Waals surface area contributed by atoms with Gasteiger partial charge in [0.25, 0.3) is 0 Å². The monoisotopic (exact) mass is 321 g/mol. The molecule has 3 nitrogen and oxygen atoms in total. The molecule has 1 unspecified atom stereocenters. The van der Waals surface area contributed by atoms with Gasteiger partial charge < -0.3 is 10.3 Å². The van der Waals surface area contributed by atoms with E-state index < -0.39 is 0 Å². The highest BCUT2D eigenvalue weighted by Crippen LogP contribution is 2.15. The first-order valence-corrected chi connectivity index (χ1v) is 10.1.